The lowest BCUT2D eigenvalue weighted by Gasteiger charge is -2.49. The van der Waals surface area contributed by atoms with Gasteiger partial charge in [-0.2, -0.15) is 0 Å². The molecule has 1 N–H and O–H groups in total. The van der Waals surface area contributed by atoms with Crippen molar-refractivity contribution < 1.29 is 5.11 Å². The zero-order valence-electron chi connectivity index (χ0n) is 13.4. The minimum atomic E-state index is -0.0937. The third kappa shape index (κ3) is 3.33. The van der Waals surface area contributed by atoms with Crippen LogP contribution in [0.2, 0.25) is 0 Å². The van der Waals surface area contributed by atoms with Crippen LogP contribution in [0.25, 0.3) is 0 Å². The van der Waals surface area contributed by atoms with Gasteiger partial charge in [0.05, 0.1) is 6.10 Å². The van der Waals surface area contributed by atoms with Crippen molar-refractivity contribution in [1.29, 1.82) is 0 Å². The van der Waals surface area contributed by atoms with Crippen LogP contribution in [0.4, 0.5) is 0 Å². The van der Waals surface area contributed by atoms with Crippen molar-refractivity contribution >= 4 is 0 Å². The van der Waals surface area contributed by atoms with Crippen LogP contribution in [0.3, 0.4) is 0 Å². The van der Waals surface area contributed by atoms with E-state index in [1.807, 2.05) is 0 Å². The first-order valence-electron chi connectivity index (χ1n) is 8.33. The third-order valence-corrected chi connectivity index (χ3v) is 6.15. The molecule has 0 radical (unpaired) electrons. The number of hydrogen-bond donors (Lipinski definition) is 1. The summed E-state index contributed by atoms with van der Waals surface area (Å²) in [5.41, 5.74) is 1.000. The largest absolute Gasteiger partial charge is 0.391 e. The second kappa shape index (κ2) is 5.73. The summed E-state index contributed by atoms with van der Waals surface area (Å²) in [5, 5.41) is 10.4. The fourth-order valence-electron chi connectivity index (χ4n) is 4.19. The van der Waals surface area contributed by atoms with Crippen LogP contribution in [0.5, 0.6) is 0 Å². The van der Waals surface area contributed by atoms with Crippen molar-refractivity contribution in [3.8, 4) is 0 Å². The molecule has 0 aromatic carbocycles. The summed E-state index contributed by atoms with van der Waals surface area (Å²) in [6.45, 7) is 11.8. The van der Waals surface area contributed by atoms with Crippen LogP contribution >= 0.6 is 0 Å². The van der Waals surface area contributed by atoms with Crippen LogP contribution < -0.4 is 0 Å². The highest BCUT2D eigenvalue weighted by atomic mass is 16.3. The van der Waals surface area contributed by atoms with Crippen LogP contribution in [0.1, 0.15) is 72.6 Å². The third-order valence-electron chi connectivity index (χ3n) is 6.15. The number of likely N-dealkylation sites (tertiary alicyclic amines) is 1. The van der Waals surface area contributed by atoms with E-state index in [9.17, 15) is 5.11 Å². The molecule has 2 fully saturated rings. The van der Waals surface area contributed by atoms with E-state index in [1.54, 1.807) is 0 Å². The topological polar surface area (TPSA) is 23.5 Å². The number of nitrogens with zero attached hydrogens (tertiary/aromatic N) is 1. The van der Waals surface area contributed by atoms with E-state index in [2.05, 4.69) is 32.6 Å². The monoisotopic (exact) mass is 267 g/mol. The van der Waals surface area contributed by atoms with E-state index in [0.29, 0.717) is 16.9 Å². The Hall–Kier alpha value is -0.0800. The standard InChI is InChI=1S/C17H33NO/c1-5-17(6-2)9-11-18(12-10-17)14-13-16(3,4)8-7-15(14)19/h14-15,19H,5-13H2,1-4H3. The van der Waals surface area contributed by atoms with Crippen LogP contribution in [0.15, 0.2) is 0 Å². The van der Waals surface area contributed by atoms with Gasteiger partial charge in [0.1, 0.15) is 0 Å². The van der Waals surface area contributed by atoms with Gasteiger partial charge in [0.2, 0.25) is 0 Å². The lowest BCUT2D eigenvalue weighted by molar-refractivity contribution is -0.0412. The van der Waals surface area contributed by atoms with Crippen LogP contribution in [0, 0.1) is 10.8 Å². The molecule has 0 amide bonds. The van der Waals surface area contributed by atoms with Crippen molar-refractivity contribution in [2.45, 2.75) is 84.8 Å². The van der Waals surface area contributed by atoms with Gasteiger partial charge in [0.25, 0.3) is 0 Å². The molecule has 1 aliphatic heterocycles. The predicted molar refractivity (Wildman–Crippen MR) is 81.2 cm³/mol. The molecule has 1 aliphatic carbocycles. The number of hydrogen-bond acceptors (Lipinski definition) is 2. The summed E-state index contributed by atoms with van der Waals surface area (Å²) in [6, 6.07) is 0.412. The van der Waals surface area contributed by atoms with Crippen LogP contribution in [-0.4, -0.2) is 35.2 Å². The summed E-state index contributed by atoms with van der Waals surface area (Å²) in [6.07, 6.45) is 8.51. The Balaban J connectivity index is 1.96. The molecule has 112 valence electrons. The quantitative estimate of drug-likeness (QED) is 0.840. The maximum absolute atomic E-state index is 10.4. The fourth-order valence-corrected chi connectivity index (χ4v) is 4.19. The van der Waals surface area contributed by atoms with Crippen molar-refractivity contribution in [1.82, 2.24) is 4.90 Å². The molecule has 0 bridgehead atoms. The predicted octanol–water partition coefficient (Wildman–Crippen LogP) is 3.83. The van der Waals surface area contributed by atoms with E-state index >= 15 is 0 Å². The Morgan fingerprint density at radius 2 is 1.63 bits per heavy atom. The minimum Gasteiger partial charge on any atom is -0.391 e. The zero-order valence-corrected chi connectivity index (χ0v) is 13.4. The Labute approximate surface area is 119 Å². The highest BCUT2D eigenvalue weighted by molar-refractivity contribution is 4.94. The second-order valence-corrected chi connectivity index (χ2v) is 7.78. The van der Waals surface area contributed by atoms with E-state index in [4.69, 9.17) is 0 Å². The first-order chi connectivity index (χ1) is 8.91. The average Bonchev–Trinajstić information content (AvgIpc) is 2.42. The van der Waals surface area contributed by atoms with Gasteiger partial charge in [0.15, 0.2) is 0 Å². The van der Waals surface area contributed by atoms with E-state index in [-0.39, 0.29) is 6.10 Å². The normalized spacial score (nSPS) is 35.2. The summed E-state index contributed by atoms with van der Waals surface area (Å²) in [7, 11) is 0. The van der Waals surface area contributed by atoms with E-state index in [0.717, 1.165) is 6.42 Å². The maximum atomic E-state index is 10.4. The highest BCUT2D eigenvalue weighted by Gasteiger charge is 2.40. The number of aliphatic hydroxyl groups excluding tert-OH is 1. The van der Waals surface area contributed by atoms with Crippen LogP contribution in [-0.2, 0) is 0 Å². The van der Waals surface area contributed by atoms with Gasteiger partial charge in [-0.3, -0.25) is 4.90 Å². The summed E-state index contributed by atoms with van der Waals surface area (Å²) >= 11 is 0. The fraction of sp³-hybridized carbons (Fsp3) is 1.00. The molecule has 0 aromatic rings. The van der Waals surface area contributed by atoms with Gasteiger partial charge in [-0.25, -0.2) is 0 Å². The lowest BCUT2D eigenvalue weighted by Crippen LogP contribution is -2.53. The van der Waals surface area contributed by atoms with Gasteiger partial charge in [0, 0.05) is 6.04 Å². The summed E-state index contributed by atoms with van der Waals surface area (Å²) in [4.78, 5) is 2.59. The first-order valence-corrected chi connectivity index (χ1v) is 8.33. The van der Waals surface area contributed by atoms with Crippen molar-refractivity contribution in [2.75, 3.05) is 13.1 Å². The van der Waals surface area contributed by atoms with Gasteiger partial charge in [-0.1, -0.05) is 40.5 Å². The van der Waals surface area contributed by atoms with E-state index < -0.39 is 0 Å². The molecule has 2 atom stereocenters. The molecule has 0 aromatic heterocycles. The second-order valence-electron chi connectivity index (χ2n) is 7.78. The Kier molecular flexibility index (Phi) is 4.62. The van der Waals surface area contributed by atoms with Gasteiger partial charge in [-0.05, 0) is 56.0 Å². The van der Waals surface area contributed by atoms with Crippen molar-refractivity contribution in [2.24, 2.45) is 10.8 Å². The summed E-state index contributed by atoms with van der Waals surface area (Å²) < 4.78 is 0. The molecule has 1 saturated heterocycles. The Bertz CT molecular complexity index is 286. The molecule has 19 heavy (non-hydrogen) atoms. The van der Waals surface area contributed by atoms with Crippen molar-refractivity contribution in [3.05, 3.63) is 0 Å². The molecule has 1 heterocycles. The zero-order chi connectivity index (χ0) is 14.1. The maximum Gasteiger partial charge on any atom is 0.0695 e. The lowest BCUT2D eigenvalue weighted by atomic mass is 9.71. The SMILES string of the molecule is CCC1(CC)CCN(C2CC(C)(C)CCC2O)CC1. The number of rotatable bonds is 3. The average molecular weight is 267 g/mol. The first kappa shape index (κ1) is 15.3. The minimum absolute atomic E-state index is 0.0937. The summed E-state index contributed by atoms with van der Waals surface area (Å²) in [5.74, 6) is 0. The molecular weight excluding hydrogens is 234 g/mol. The molecule has 2 aliphatic rings. The Morgan fingerprint density at radius 3 is 2.16 bits per heavy atom. The van der Waals surface area contributed by atoms with Gasteiger partial charge >= 0.3 is 0 Å². The molecular formula is C17H33NO. The van der Waals surface area contributed by atoms with Gasteiger partial charge in [-0.15, -0.1) is 0 Å². The molecule has 0 spiro atoms. The Morgan fingerprint density at radius 1 is 1.05 bits per heavy atom. The molecule has 2 rings (SSSR count). The number of aliphatic hydroxyl groups is 1. The number of piperidine rings is 1. The molecule has 2 heteroatoms. The molecule has 2 nitrogen and oxygen atoms in total. The van der Waals surface area contributed by atoms with Crippen molar-refractivity contribution in [3.63, 3.8) is 0 Å². The molecule has 1 saturated carbocycles. The van der Waals surface area contributed by atoms with E-state index in [1.165, 1.54) is 51.6 Å². The highest BCUT2D eigenvalue weighted by Crippen LogP contribution is 2.42. The molecule has 2 unspecified atom stereocenters. The smallest absolute Gasteiger partial charge is 0.0695 e. The van der Waals surface area contributed by atoms with Gasteiger partial charge < -0.3 is 5.11 Å².